The number of hydrogen-bond donors (Lipinski definition) is 1. The lowest BCUT2D eigenvalue weighted by Gasteiger charge is -2.35. The van der Waals surface area contributed by atoms with Gasteiger partial charge in [-0.15, -0.1) is 0 Å². The molecule has 1 N–H and O–H groups in total. The molecule has 1 saturated heterocycles. The predicted octanol–water partition coefficient (Wildman–Crippen LogP) is 3.87. The number of piperazine rings is 1. The zero-order chi connectivity index (χ0) is 16.8. The Labute approximate surface area is 143 Å². The van der Waals surface area contributed by atoms with E-state index in [-0.39, 0.29) is 11.8 Å². The number of anilines is 1. The Morgan fingerprint density at radius 2 is 1.83 bits per heavy atom. The van der Waals surface area contributed by atoms with Gasteiger partial charge in [0.25, 0.3) is 0 Å². The van der Waals surface area contributed by atoms with E-state index in [2.05, 4.69) is 16.3 Å². The van der Waals surface area contributed by atoms with Gasteiger partial charge in [-0.25, -0.2) is 9.18 Å². The van der Waals surface area contributed by atoms with E-state index in [9.17, 15) is 9.18 Å². The van der Waals surface area contributed by atoms with E-state index in [0.717, 1.165) is 32.7 Å². The fourth-order valence-electron chi connectivity index (χ4n) is 3.34. The summed E-state index contributed by atoms with van der Waals surface area (Å²) in [5, 5.41) is 2.83. The number of urea groups is 1. The molecule has 1 fully saturated rings. The van der Waals surface area contributed by atoms with Crippen molar-refractivity contribution in [1.29, 1.82) is 0 Å². The molecule has 0 radical (unpaired) electrons. The fourth-order valence-corrected chi connectivity index (χ4v) is 3.34. The van der Waals surface area contributed by atoms with Gasteiger partial charge in [-0.2, -0.15) is 0 Å². The van der Waals surface area contributed by atoms with Crippen molar-refractivity contribution in [3.8, 4) is 0 Å². The van der Waals surface area contributed by atoms with E-state index in [1.165, 1.54) is 44.2 Å². The van der Waals surface area contributed by atoms with Crippen molar-refractivity contribution < 1.29 is 9.18 Å². The largest absolute Gasteiger partial charge is 0.322 e. The van der Waals surface area contributed by atoms with E-state index >= 15 is 0 Å². The topological polar surface area (TPSA) is 35.6 Å². The van der Waals surface area contributed by atoms with Crippen LogP contribution in [0.5, 0.6) is 0 Å². The maximum Gasteiger partial charge on any atom is 0.321 e. The Kier molecular flexibility index (Phi) is 5.86. The molecule has 0 unspecified atom stereocenters. The molecular weight excluding hydrogens is 305 g/mol. The second kappa shape index (κ2) is 8.29. The van der Waals surface area contributed by atoms with Crippen molar-refractivity contribution in [3.63, 3.8) is 0 Å². The van der Waals surface area contributed by atoms with Crippen molar-refractivity contribution in [2.45, 2.75) is 32.1 Å². The van der Waals surface area contributed by atoms with Crippen LogP contribution in [0.3, 0.4) is 0 Å². The third-order valence-electron chi connectivity index (χ3n) is 4.89. The minimum Gasteiger partial charge on any atom is -0.322 e. The summed E-state index contributed by atoms with van der Waals surface area (Å²) in [5.41, 5.74) is 2.24. The average Bonchev–Trinajstić information content (AvgIpc) is 2.63. The first-order valence-corrected chi connectivity index (χ1v) is 8.92. The lowest BCUT2D eigenvalue weighted by Crippen LogP contribution is -2.50. The van der Waals surface area contributed by atoms with E-state index in [0.29, 0.717) is 5.69 Å². The zero-order valence-corrected chi connectivity index (χ0v) is 14.1. The molecule has 0 aromatic heterocycles. The summed E-state index contributed by atoms with van der Waals surface area (Å²) in [6, 6.07) is 5.78. The number of benzene rings is 1. The molecule has 1 aliphatic heterocycles. The summed E-state index contributed by atoms with van der Waals surface area (Å²) in [6.45, 7) is 4.42. The first-order chi connectivity index (χ1) is 11.7. The van der Waals surface area contributed by atoms with E-state index < -0.39 is 0 Å². The van der Waals surface area contributed by atoms with Crippen LogP contribution in [0, 0.1) is 5.82 Å². The Bertz CT molecular complexity index is 577. The van der Waals surface area contributed by atoms with Crippen molar-refractivity contribution in [3.05, 3.63) is 41.7 Å². The molecule has 4 nitrogen and oxygen atoms in total. The zero-order valence-electron chi connectivity index (χ0n) is 14.1. The second-order valence-corrected chi connectivity index (χ2v) is 6.62. The summed E-state index contributed by atoms with van der Waals surface area (Å²) in [7, 11) is 0. The Morgan fingerprint density at radius 3 is 2.50 bits per heavy atom. The first kappa shape index (κ1) is 17.0. The Hall–Kier alpha value is -1.88. The van der Waals surface area contributed by atoms with Crippen LogP contribution in [0.4, 0.5) is 14.9 Å². The van der Waals surface area contributed by atoms with Crippen LogP contribution in [-0.2, 0) is 0 Å². The first-order valence-electron chi connectivity index (χ1n) is 8.92. The predicted molar refractivity (Wildman–Crippen MR) is 94.6 cm³/mol. The number of amides is 2. The van der Waals surface area contributed by atoms with Crippen molar-refractivity contribution in [1.82, 2.24) is 9.80 Å². The standard InChI is InChI=1S/C19H26FN3O/c20-17-6-8-18(9-7-17)21-19(24)23-14-12-22(13-15-23)11-10-16-4-2-1-3-5-16/h4,6-9H,1-3,5,10-15H2,(H,21,24). The maximum atomic E-state index is 12.9. The van der Waals surface area contributed by atoms with E-state index in [4.69, 9.17) is 0 Å². The van der Waals surface area contributed by atoms with Gasteiger partial charge in [0.1, 0.15) is 5.82 Å². The number of hydrogen-bond acceptors (Lipinski definition) is 2. The lowest BCUT2D eigenvalue weighted by atomic mass is 9.97. The summed E-state index contributed by atoms with van der Waals surface area (Å²) in [4.78, 5) is 16.5. The third kappa shape index (κ3) is 4.81. The van der Waals surface area contributed by atoms with Crippen molar-refractivity contribution in [2.24, 2.45) is 0 Å². The number of allylic oxidation sites excluding steroid dienone is 1. The van der Waals surface area contributed by atoms with E-state index in [1.54, 1.807) is 17.7 Å². The van der Waals surface area contributed by atoms with Crippen molar-refractivity contribution >= 4 is 11.7 Å². The number of carbonyl (C=O) groups is 1. The molecule has 2 amide bonds. The molecule has 0 spiro atoms. The van der Waals surface area contributed by atoms with Crippen LogP contribution in [0.2, 0.25) is 0 Å². The molecule has 5 heteroatoms. The van der Waals surface area contributed by atoms with Gasteiger partial charge in [0.05, 0.1) is 0 Å². The van der Waals surface area contributed by atoms with Gasteiger partial charge in [-0.05, 0) is 56.4 Å². The molecule has 0 bridgehead atoms. The summed E-state index contributed by atoms with van der Waals surface area (Å²) < 4.78 is 12.9. The minimum absolute atomic E-state index is 0.101. The number of rotatable bonds is 4. The SMILES string of the molecule is O=C(Nc1ccc(F)cc1)N1CCN(CCC2=CCCCC2)CC1. The molecular formula is C19H26FN3O. The molecule has 1 aliphatic carbocycles. The smallest absolute Gasteiger partial charge is 0.321 e. The van der Waals surface area contributed by atoms with Gasteiger partial charge in [0.2, 0.25) is 0 Å². The fraction of sp³-hybridized carbons (Fsp3) is 0.526. The molecule has 0 saturated carbocycles. The molecule has 24 heavy (non-hydrogen) atoms. The number of nitrogens with one attached hydrogen (secondary N) is 1. The number of nitrogens with zero attached hydrogens (tertiary/aromatic N) is 2. The van der Waals surface area contributed by atoms with Gasteiger partial charge < -0.3 is 10.2 Å². The molecule has 2 aliphatic rings. The van der Waals surface area contributed by atoms with Gasteiger partial charge >= 0.3 is 6.03 Å². The molecule has 0 atom stereocenters. The summed E-state index contributed by atoms with van der Waals surface area (Å²) in [5.74, 6) is -0.297. The van der Waals surface area contributed by atoms with Crippen molar-refractivity contribution in [2.75, 3.05) is 38.0 Å². The quantitative estimate of drug-likeness (QED) is 0.850. The van der Waals surface area contributed by atoms with Crippen LogP contribution in [0.1, 0.15) is 32.1 Å². The highest BCUT2D eigenvalue weighted by atomic mass is 19.1. The van der Waals surface area contributed by atoms with Gasteiger partial charge in [0, 0.05) is 38.4 Å². The number of halogens is 1. The van der Waals surface area contributed by atoms with Crippen LogP contribution < -0.4 is 5.32 Å². The molecule has 130 valence electrons. The van der Waals surface area contributed by atoms with Crippen LogP contribution in [0.25, 0.3) is 0 Å². The minimum atomic E-state index is -0.297. The van der Waals surface area contributed by atoms with Crippen LogP contribution in [-0.4, -0.2) is 48.6 Å². The third-order valence-corrected chi connectivity index (χ3v) is 4.89. The molecule has 3 rings (SSSR count). The van der Waals surface area contributed by atoms with E-state index in [1.807, 2.05) is 4.90 Å². The van der Waals surface area contributed by atoms with Gasteiger partial charge in [-0.1, -0.05) is 11.6 Å². The van der Waals surface area contributed by atoms with Gasteiger partial charge in [0.15, 0.2) is 0 Å². The molecule has 1 aromatic carbocycles. The highest BCUT2D eigenvalue weighted by Crippen LogP contribution is 2.20. The van der Waals surface area contributed by atoms with Crippen LogP contribution in [0.15, 0.2) is 35.9 Å². The lowest BCUT2D eigenvalue weighted by molar-refractivity contribution is 0.148. The second-order valence-electron chi connectivity index (χ2n) is 6.62. The molecule has 1 aromatic rings. The maximum absolute atomic E-state index is 12.9. The van der Waals surface area contributed by atoms with Crippen LogP contribution >= 0.6 is 0 Å². The normalized spacial score (nSPS) is 19.0. The summed E-state index contributed by atoms with van der Waals surface area (Å²) in [6.07, 6.45) is 8.76. The van der Waals surface area contributed by atoms with Gasteiger partial charge in [-0.3, -0.25) is 4.90 Å². The number of carbonyl (C=O) groups excluding carboxylic acids is 1. The Balaban J connectivity index is 1.40. The Morgan fingerprint density at radius 1 is 1.08 bits per heavy atom. The average molecular weight is 331 g/mol. The monoisotopic (exact) mass is 331 g/mol. The summed E-state index contributed by atoms with van der Waals surface area (Å²) >= 11 is 0. The highest BCUT2D eigenvalue weighted by molar-refractivity contribution is 5.89. The molecule has 1 heterocycles. The highest BCUT2D eigenvalue weighted by Gasteiger charge is 2.21.